The van der Waals surface area contributed by atoms with Crippen LogP contribution in [-0.2, 0) is 0 Å². The van der Waals surface area contributed by atoms with Crippen LogP contribution in [0.25, 0.3) is 0 Å². The lowest BCUT2D eigenvalue weighted by Crippen LogP contribution is -2.33. The predicted molar refractivity (Wildman–Crippen MR) is 71.4 cm³/mol. The first-order valence-electron chi connectivity index (χ1n) is 6.91. The highest BCUT2D eigenvalue weighted by atomic mass is 19.1. The van der Waals surface area contributed by atoms with Gasteiger partial charge in [-0.05, 0) is 62.5 Å². The summed E-state index contributed by atoms with van der Waals surface area (Å²) in [5.74, 6) is -0.307. The molecule has 0 saturated carbocycles. The maximum absolute atomic E-state index is 13.3. The molecule has 1 heterocycles. The molecule has 0 bridgehead atoms. The largest absolute Gasteiger partial charge is 0.505 e. The van der Waals surface area contributed by atoms with Gasteiger partial charge in [0.2, 0.25) is 0 Å². The van der Waals surface area contributed by atoms with Gasteiger partial charge < -0.3 is 10.0 Å². The number of rotatable bonds is 4. The molecule has 0 spiro atoms. The van der Waals surface area contributed by atoms with Crippen LogP contribution < -0.4 is 0 Å². The highest BCUT2D eigenvalue weighted by Gasteiger charge is 2.20. The van der Waals surface area contributed by atoms with Crippen LogP contribution in [0.4, 0.5) is 4.39 Å². The fraction of sp³-hybridized carbons (Fsp3) is 0.600. The number of phenols is 1. The molecule has 1 fully saturated rings. The summed E-state index contributed by atoms with van der Waals surface area (Å²) in [6.45, 7) is 5.61. The third-order valence-electron chi connectivity index (χ3n) is 3.86. The van der Waals surface area contributed by atoms with Crippen molar-refractivity contribution in [2.24, 2.45) is 0 Å². The van der Waals surface area contributed by atoms with Gasteiger partial charge in [0.1, 0.15) is 0 Å². The number of aromatic hydroxyl groups is 1. The minimum absolute atomic E-state index is 0.251. The van der Waals surface area contributed by atoms with Gasteiger partial charge in [-0.2, -0.15) is 0 Å². The fourth-order valence-corrected chi connectivity index (χ4v) is 2.65. The van der Waals surface area contributed by atoms with E-state index in [9.17, 15) is 9.50 Å². The van der Waals surface area contributed by atoms with E-state index < -0.39 is 5.82 Å². The third-order valence-corrected chi connectivity index (χ3v) is 3.86. The molecule has 1 saturated heterocycles. The quantitative estimate of drug-likeness (QED) is 0.885. The molecular weight excluding hydrogens is 229 g/mol. The number of hydrogen-bond donors (Lipinski definition) is 1. The minimum Gasteiger partial charge on any atom is -0.505 e. The van der Waals surface area contributed by atoms with Crippen molar-refractivity contribution in [2.75, 3.05) is 19.6 Å². The van der Waals surface area contributed by atoms with Gasteiger partial charge in [-0.1, -0.05) is 19.4 Å². The fourth-order valence-electron chi connectivity index (χ4n) is 2.65. The number of nitrogens with zero attached hydrogens (tertiary/aromatic N) is 1. The minimum atomic E-state index is -0.499. The number of piperidine rings is 1. The number of unbranched alkanes of at least 4 members (excludes halogenated alkanes) is 1. The summed E-state index contributed by atoms with van der Waals surface area (Å²) in [6.07, 6.45) is 4.68. The molecule has 0 radical (unpaired) electrons. The molecule has 1 N–H and O–H groups in total. The normalized spacial score (nSPS) is 18.1. The molecule has 1 aliphatic rings. The Bertz CT molecular complexity index is 386. The van der Waals surface area contributed by atoms with Gasteiger partial charge in [-0.15, -0.1) is 0 Å². The highest BCUT2D eigenvalue weighted by Crippen LogP contribution is 2.30. The van der Waals surface area contributed by atoms with Crippen molar-refractivity contribution in [3.05, 3.63) is 29.6 Å². The zero-order valence-electron chi connectivity index (χ0n) is 11.0. The molecular formula is C15H22FNO. The Morgan fingerprint density at radius 2 is 2.06 bits per heavy atom. The van der Waals surface area contributed by atoms with Crippen molar-refractivity contribution >= 4 is 0 Å². The second-order valence-electron chi connectivity index (χ2n) is 5.18. The monoisotopic (exact) mass is 251 g/mol. The predicted octanol–water partition coefficient (Wildman–Crippen LogP) is 3.51. The molecule has 0 aromatic heterocycles. The first-order valence-corrected chi connectivity index (χ1v) is 6.91. The van der Waals surface area contributed by atoms with Gasteiger partial charge in [-0.25, -0.2) is 4.39 Å². The van der Waals surface area contributed by atoms with Crippen LogP contribution in [0.5, 0.6) is 5.75 Å². The Kier molecular flexibility index (Phi) is 4.59. The molecule has 3 heteroatoms. The topological polar surface area (TPSA) is 23.5 Å². The molecule has 100 valence electrons. The van der Waals surface area contributed by atoms with Crippen LogP contribution in [0.3, 0.4) is 0 Å². The third kappa shape index (κ3) is 3.22. The number of phenolic OH excluding ortho intramolecular Hbond substituents is 1. The number of benzene rings is 1. The highest BCUT2D eigenvalue weighted by molar-refractivity contribution is 5.30. The lowest BCUT2D eigenvalue weighted by atomic mass is 9.89. The van der Waals surface area contributed by atoms with Gasteiger partial charge in [0, 0.05) is 0 Å². The van der Waals surface area contributed by atoms with E-state index in [-0.39, 0.29) is 5.75 Å². The zero-order valence-corrected chi connectivity index (χ0v) is 11.0. The summed E-state index contributed by atoms with van der Waals surface area (Å²) in [6, 6.07) is 4.81. The lowest BCUT2D eigenvalue weighted by molar-refractivity contribution is 0.209. The molecule has 2 nitrogen and oxygen atoms in total. The van der Waals surface area contributed by atoms with Crippen LogP contribution in [0.1, 0.15) is 44.1 Å². The van der Waals surface area contributed by atoms with Gasteiger partial charge in [-0.3, -0.25) is 0 Å². The molecule has 1 aromatic rings. The Balaban J connectivity index is 1.90. The first-order chi connectivity index (χ1) is 8.70. The Labute approximate surface area is 108 Å². The average molecular weight is 251 g/mol. The Morgan fingerprint density at radius 3 is 2.67 bits per heavy atom. The van der Waals surface area contributed by atoms with Crippen LogP contribution in [0.15, 0.2) is 18.2 Å². The van der Waals surface area contributed by atoms with E-state index in [4.69, 9.17) is 0 Å². The van der Waals surface area contributed by atoms with Crippen LogP contribution in [0, 0.1) is 5.82 Å². The Morgan fingerprint density at radius 1 is 1.33 bits per heavy atom. The SMILES string of the molecule is CCCCN1CCC(c2ccc(O)c(F)c2)CC1. The standard InChI is InChI=1S/C15H22FNO/c1-2-3-8-17-9-6-12(7-10-17)13-4-5-15(18)14(16)11-13/h4-5,11-12,18H,2-3,6-10H2,1H3. The van der Waals surface area contributed by atoms with Crippen molar-refractivity contribution in [1.82, 2.24) is 4.90 Å². The maximum Gasteiger partial charge on any atom is 0.165 e. The van der Waals surface area contributed by atoms with Crippen molar-refractivity contribution in [1.29, 1.82) is 0 Å². The van der Waals surface area contributed by atoms with E-state index in [1.807, 2.05) is 6.07 Å². The van der Waals surface area contributed by atoms with Crippen molar-refractivity contribution < 1.29 is 9.50 Å². The summed E-state index contributed by atoms with van der Waals surface area (Å²) in [5, 5.41) is 9.20. The van der Waals surface area contributed by atoms with Gasteiger partial charge in [0.15, 0.2) is 11.6 Å². The van der Waals surface area contributed by atoms with Gasteiger partial charge in [0.05, 0.1) is 0 Å². The first kappa shape index (κ1) is 13.3. The zero-order chi connectivity index (χ0) is 13.0. The van der Waals surface area contributed by atoms with E-state index in [2.05, 4.69) is 11.8 Å². The smallest absolute Gasteiger partial charge is 0.165 e. The Hall–Kier alpha value is -1.09. The van der Waals surface area contributed by atoms with E-state index in [1.165, 1.54) is 31.5 Å². The van der Waals surface area contributed by atoms with E-state index in [0.29, 0.717) is 5.92 Å². The maximum atomic E-state index is 13.3. The van der Waals surface area contributed by atoms with Crippen molar-refractivity contribution in [3.63, 3.8) is 0 Å². The van der Waals surface area contributed by atoms with Crippen molar-refractivity contribution in [3.8, 4) is 5.75 Å². The van der Waals surface area contributed by atoms with Crippen LogP contribution >= 0.6 is 0 Å². The summed E-state index contributed by atoms with van der Waals surface area (Å²) >= 11 is 0. The number of likely N-dealkylation sites (tertiary alicyclic amines) is 1. The van der Waals surface area contributed by atoms with E-state index in [1.54, 1.807) is 0 Å². The summed E-state index contributed by atoms with van der Waals surface area (Å²) in [4.78, 5) is 2.50. The molecule has 1 aromatic carbocycles. The van der Waals surface area contributed by atoms with Crippen LogP contribution in [-0.4, -0.2) is 29.6 Å². The van der Waals surface area contributed by atoms with Gasteiger partial charge >= 0.3 is 0 Å². The van der Waals surface area contributed by atoms with Gasteiger partial charge in [0.25, 0.3) is 0 Å². The molecule has 0 unspecified atom stereocenters. The van der Waals surface area contributed by atoms with Crippen LogP contribution in [0.2, 0.25) is 0 Å². The second kappa shape index (κ2) is 6.19. The summed E-state index contributed by atoms with van der Waals surface area (Å²) in [7, 11) is 0. The van der Waals surface area contributed by atoms with Crippen molar-refractivity contribution in [2.45, 2.75) is 38.5 Å². The number of halogens is 1. The molecule has 0 atom stereocenters. The molecule has 18 heavy (non-hydrogen) atoms. The molecule has 0 aliphatic carbocycles. The van der Waals surface area contributed by atoms with E-state index >= 15 is 0 Å². The molecule has 2 rings (SSSR count). The summed E-state index contributed by atoms with van der Waals surface area (Å²) < 4.78 is 13.3. The van der Waals surface area contributed by atoms with E-state index in [0.717, 1.165) is 31.5 Å². The molecule has 0 amide bonds. The average Bonchev–Trinajstić information content (AvgIpc) is 2.40. The number of hydrogen-bond acceptors (Lipinski definition) is 2. The molecule has 1 aliphatic heterocycles. The summed E-state index contributed by atoms with van der Waals surface area (Å²) in [5.41, 5.74) is 1.03. The lowest BCUT2D eigenvalue weighted by Gasteiger charge is -2.32. The second-order valence-corrected chi connectivity index (χ2v) is 5.18.